The molecule has 1 heterocycles. The number of carbonyl (C=O) groups excluding carboxylic acids is 1. The van der Waals surface area contributed by atoms with Crippen molar-refractivity contribution < 1.29 is 14.3 Å². The molecule has 1 amide bonds. The molecule has 2 aromatic rings. The van der Waals surface area contributed by atoms with Gasteiger partial charge < -0.3 is 9.47 Å². The third-order valence-electron chi connectivity index (χ3n) is 3.72. The second-order valence-corrected chi connectivity index (χ2v) is 7.03. The molecule has 0 aromatic heterocycles. The molecule has 1 aliphatic rings. The fraction of sp³-hybridized carbons (Fsp3) is 0.263. The van der Waals surface area contributed by atoms with E-state index in [1.54, 1.807) is 24.3 Å². The Labute approximate surface area is 151 Å². The predicted molar refractivity (Wildman–Crippen MR) is 97.7 cm³/mol. The number of carbonyl (C=O) groups is 1. The summed E-state index contributed by atoms with van der Waals surface area (Å²) in [7, 11) is 0. The van der Waals surface area contributed by atoms with Gasteiger partial charge in [-0.15, -0.1) is 0 Å². The van der Waals surface area contributed by atoms with Crippen LogP contribution in [0.4, 0.5) is 0 Å². The van der Waals surface area contributed by atoms with Gasteiger partial charge >= 0.3 is 0 Å². The third-order valence-corrected chi connectivity index (χ3v) is 4.06. The molecule has 0 saturated heterocycles. The molecule has 3 rings (SSSR count). The molecule has 0 spiro atoms. The van der Waals surface area contributed by atoms with E-state index in [1.807, 2.05) is 18.2 Å². The lowest BCUT2D eigenvalue weighted by Crippen LogP contribution is -2.26. The standard InChI is InChI=1S/C19H19ClN2O3/c1-19(2)11-24-16-8-7-13(9-17(16)25-12-19)18(23)22-21-10-14-5-3-4-6-15(14)20/h3-10H,11-12H2,1-2H3,(H,22,23)/b21-10-. The SMILES string of the molecule is CC1(C)COc2ccc(C(=O)N/N=C\c3ccccc3Cl)cc2OC1. The molecule has 130 valence electrons. The zero-order valence-electron chi connectivity index (χ0n) is 14.1. The second kappa shape index (κ2) is 7.15. The number of hydrogen-bond acceptors (Lipinski definition) is 4. The van der Waals surface area contributed by atoms with Gasteiger partial charge in [0.05, 0.1) is 19.4 Å². The largest absolute Gasteiger partial charge is 0.489 e. The van der Waals surface area contributed by atoms with Crippen LogP contribution in [0, 0.1) is 5.41 Å². The van der Waals surface area contributed by atoms with Gasteiger partial charge in [0, 0.05) is 21.6 Å². The topological polar surface area (TPSA) is 59.9 Å². The summed E-state index contributed by atoms with van der Waals surface area (Å²) in [4.78, 5) is 12.3. The lowest BCUT2D eigenvalue weighted by molar-refractivity contribution is 0.0954. The van der Waals surface area contributed by atoms with Gasteiger partial charge in [0.2, 0.25) is 0 Å². The smallest absolute Gasteiger partial charge is 0.271 e. The van der Waals surface area contributed by atoms with Crippen molar-refractivity contribution in [1.29, 1.82) is 0 Å². The molecule has 0 saturated carbocycles. The number of rotatable bonds is 3. The van der Waals surface area contributed by atoms with E-state index >= 15 is 0 Å². The van der Waals surface area contributed by atoms with Crippen LogP contribution in [0.3, 0.4) is 0 Å². The lowest BCUT2D eigenvalue weighted by Gasteiger charge is -2.19. The molecule has 0 aliphatic carbocycles. The minimum Gasteiger partial charge on any atom is -0.489 e. The summed E-state index contributed by atoms with van der Waals surface area (Å²) >= 11 is 6.04. The Morgan fingerprint density at radius 1 is 1.16 bits per heavy atom. The Bertz CT molecular complexity index is 818. The van der Waals surface area contributed by atoms with Gasteiger partial charge in [0.15, 0.2) is 11.5 Å². The first-order valence-corrected chi connectivity index (χ1v) is 8.30. The maximum Gasteiger partial charge on any atom is 0.271 e. The minimum atomic E-state index is -0.335. The summed E-state index contributed by atoms with van der Waals surface area (Å²) < 4.78 is 11.5. The van der Waals surface area contributed by atoms with Gasteiger partial charge in [-0.2, -0.15) is 5.10 Å². The van der Waals surface area contributed by atoms with Gasteiger partial charge in [0.25, 0.3) is 5.91 Å². The van der Waals surface area contributed by atoms with Crippen LogP contribution in [0.1, 0.15) is 29.8 Å². The number of nitrogens with one attached hydrogen (secondary N) is 1. The molecule has 0 fully saturated rings. The van der Waals surface area contributed by atoms with E-state index in [0.717, 1.165) is 5.56 Å². The second-order valence-electron chi connectivity index (χ2n) is 6.62. The number of amides is 1. The van der Waals surface area contributed by atoms with Crippen LogP contribution in [0.2, 0.25) is 5.02 Å². The van der Waals surface area contributed by atoms with Gasteiger partial charge in [-0.25, -0.2) is 5.43 Å². The van der Waals surface area contributed by atoms with Gasteiger partial charge in [0.1, 0.15) is 0 Å². The average Bonchev–Trinajstić information content (AvgIpc) is 2.75. The summed E-state index contributed by atoms with van der Waals surface area (Å²) in [6, 6.07) is 12.3. The van der Waals surface area contributed by atoms with E-state index in [-0.39, 0.29) is 11.3 Å². The van der Waals surface area contributed by atoms with Crippen LogP contribution in [0.25, 0.3) is 0 Å². The molecular weight excluding hydrogens is 340 g/mol. The Hall–Kier alpha value is -2.53. The van der Waals surface area contributed by atoms with E-state index in [4.69, 9.17) is 21.1 Å². The Balaban J connectivity index is 1.69. The van der Waals surface area contributed by atoms with Crippen LogP contribution in [0.5, 0.6) is 11.5 Å². The van der Waals surface area contributed by atoms with Crippen molar-refractivity contribution in [2.75, 3.05) is 13.2 Å². The predicted octanol–water partition coefficient (Wildman–Crippen LogP) is 3.90. The van der Waals surface area contributed by atoms with Gasteiger partial charge in [-0.05, 0) is 24.3 Å². The van der Waals surface area contributed by atoms with Crippen molar-refractivity contribution in [2.45, 2.75) is 13.8 Å². The minimum absolute atomic E-state index is 0.0827. The highest BCUT2D eigenvalue weighted by molar-refractivity contribution is 6.33. The first-order valence-electron chi connectivity index (χ1n) is 7.92. The number of nitrogens with zero attached hydrogens (tertiary/aromatic N) is 1. The molecule has 1 aliphatic heterocycles. The van der Waals surface area contributed by atoms with E-state index in [9.17, 15) is 4.79 Å². The summed E-state index contributed by atoms with van der Waals surface area (Å²) in [5.41, 5.74) is 3.58. The molecule has 0 atom stereocenters. The third kappa shape index (κ3) is 4.31. The Morgan fingerprint density at radius 2 is 1.88 bits per heavy atom. The first kappa shape index (κ1) is 17.3. The molecule has 0 bridgehead atoms. The van der Waals surface area contributed by atoms with Crippen LogP contribution in [-0.4, -0.2) is 25.3 Å². The maximum absolute atomic E-state index is 12.3. The summed E-state index contributed by atoms with van der Waals surface area (Å²) in [5, 5.41) is 4.52. The molecule has 0 radical (unpaired) electrons. The zero-order valence-corrected chi connectivity index (χ0v) is 14.8. The summed E-state index contributed by atoms with van der Waals surface area (Å²) in [5.74, 6) is 0.869. The number of benzene rings is 2. The van der Waals surface area contributed by atoms with Gasteiger partial charge in [-0.3, -0.25) is 4.79 Å². The molecule has 2 aromatic carbocycles. The van der Waals surface area contributed by atoms with E-state index in [1.165, 1.54) is 6.21 Å². The van der Waals surface area contributed by atoms with Crippen LogP contribution >= 0.6 is 11.6 Å². The molecule has 0 unspecified atom stereocenters. The lowest BCUT2D eigenvalue weighted by atomic mass is 9.97. The quantitative estimate of drug-likeness (QED) is 0.668. The fourth-order valence-corrected chi connectivity index (χ4v) is 2.46. The van der Waals surface area contributed by atoms with Crippen molar-refractivity contribution >= 4 is 23.7 Å². The fourth-order valence-electron chi connectivity index (χ4n) is 2.27. The molecule has 5 nitrogen and oxygen atoms in total. The van der Waals surface area contributed by atoms with Crippen molar-refractivity contribution in [1.82, 2.24) is 5.43 Å². The monoisotopic (exact) mass is 358 g/mol. The van der Waals surface area contributed by atoms with Crippen molar-refractivity contribution in [2.24, 2.45) is 10.5 Å². The van der Waals surface area contributed by atoms with Crippen molar-refractivity contribution in [3.05, 3.63) is 58.6 Å². The molecule has 25 heavy (non-hydrogen) atoms. The molecule has 6 heteroatoms. The van der Waals surface area contributed by atoms with E-state index in [2.05, 4.69) is 24.4 Å². The number of ether oxygens (including phenoxy) is 2. The first-order chi connectivity index (χ1) is 11.9. The van der Waals surface area contributed by atoms with Crippen LogP contribution in [0.15, 0.2) is 47.6 Å². The highest BCUT2D eigenvalue weighted by atomic mass is 35.5. The zero-order chi connectivity index (χ0) is 17.9. The summed E-state index contributed by atoms with van der Waals surface area (Å²) in [6.45, 7) is 5.22. The maximum atomic E-state index is 12.3. The Kier molecular flexibility index (Phi) is 4.95. The highest BCUT2D eigenvalue weighted by Crippen LogP contribution is 2.34. The average molecular weight is 359 g/mol. The van der Waals surface area contributed by atoms with E-state index in [0.29, 0.717) is 35.3 Å². The van der Waals surface area contributed by atoms with Crippen molar-refractivity contribution in [3.8, 4) is 11.5 Å². The number of fused-ring (bicyclic) bond motifs is 1. The molecule has 1 N–H and O–H groups in total. The number of halogens is 1. The molecular formula is C19H19ClN2O3. The number of hydrogen-bond donors (Lipinski definition) is 1. The summed E-state index contributed by atoms with van der Waals surface area (Å²) in [6.07, 6.45) is 1.51. The number of hydrazone groups is 1. The van der Waals surface area contributed by atoms with Crippen LogP contribution in [-0.2, 0) is 0 Å². The van der Waals surface area contributed by atoms with E-state index < -0.39 is 0 Å². The van der Waals surface area contributed by atoms with Gasteiger partial charge in [-0.1, -0.05) is 43.6 Å². The normalized spacial score (nSPS) is 15.6. The highest BCUT2D eigenvalue weighted by Gasteiger charge is 2.25. The Morgan fingerprint density at radius 3 is 2.64 bits per heavy atom. The van der Waals surface area contributed by atoms with Crippen LogP contribution < -0.4 is 14.9 Å². The van der Waals surface area contributed by atoms with Crippen molar-refractivity contribution in [3.63, 3.8) is 0 Å².